The monoisotopic (exact) mass is 401 g/mol. The fourth-order valence-electron chi connectivity index (χ4n) is 4.37. The smallest absolute Gasteiger partial charge is 0.193 e. The highest BCUT2D eigenvalue weighted by molar-refractivity contribution is 5.80. The maximum atomic E-state index is 6.08. The van der Waals surface area contributed by atoms with E-state index in [0.717, 1.165) is 38.7 Å². The second-order valence-corrected chi connectivity index (χ2v) is 8.43. The Morgan fingerprint density at radius 3 is 2.59 bits per heavy atom. The normalized spacial score (nSPS) is 23.2. The number of rotatable bonds is 6. The number of likely N-dealkylation sites (N-methyl/N-ethyl adjacent to an activating group) is 1. The van der Waals surface area contributed by atoms with Crippen molar-refractivity contribution in [1.82, 2.24) is 20.0 Å². The number of aliphatic imine (C=N–C) groups is 1. The molecule has 0 bridgehead atoms. The zero-order valence-electron chi connectivity index (χ0n) is 18.7. The number of piperazine rings is 1. The molecule has 0 aromatic heterocycles. The lowest BCUT2D eigenvalue weighted by atomic mass is 10.0. The van der Waals surface area contributed by atoms with Gasteiger partial charge in [0.2, 0.25) is 0 Å². The van der Waals surface area contributed by atoms with E-state index in [9.17, 15) is 0 Å². The predicted molar refractivity (Wildman–Crippen MR) is 121 cm³/mol. The van der Waals surface area contributed by atoms with Gasteiger partial charge in [0.15, 0.2) is 5.96 Å². The molecule has 6 nitrogen and oxygen atoms in total. The number of ether oxygens (including phenoxy) is 1. The van der Waals surface area contributed by atoms with Crippen LogP contribution in [-0.4, -0.2) is 93.2 Å². The zero-order chi connectivity index (χ0) is 20.6. The van der Waals surface area contributed by atoms with Gasteiger partial charge in [0, 0.05) is 52.9 Å². The van der Waals surface area contributed by atoms with Crippen LogP contribution >= 0.6 is 0 Å². The highest BCUT2D eigenvalue weighted by Gasteiger charge is 2.25. The minimum Gasteiger partial charge on any atom is -0.370 e. The van der Waals surface area contributed by atoms with Gasteiger partial charge in [-0.25, -0.2) is 0 Å². The molecule has 2 saturated heterocycles. The number of nitrogens with zero attached hydrogens (tertiary/aromatic N) is 4. The van der Waals surface area contributed by atoms with Gasteiger partial charge >= 0.3 is 0 Å². The van der Waals surface area contributed by atoms with E-state index >= 15 is 0 Å². The molecule has 6 heteroatoms. The fourth-order valence-corrected chi connectivity index (χ4v) is 4.37. The molecule has 0 spiro atoms. The van der Waals surface area contributed by atoms with Gasteiger partial charge in [-0.05, 0) is 30.5 Å². The maximum Gasteiger partial charge on any atom is 0.193 e. The van der Waals surface area contributed by atoms with Crippen LogP contribution in [0.1, 0.15) is 31.1 Å². The number of benzene rings is 1. The molecule has 3 rings (SSSR count). The number of aryl methyl sites for hydroxylation is 1. The quantitative estimate of drug-likeness (QED) is 0.585. The van der Waals surface area contributed by atoms with Crippen LogP contribution in [0.25, 0.3) is 0 Å². The van der Waals surface area contributed by atoms with Crippen LogP contribution in [0.3, 0.4) is 0 Å². The Morgan fingerprint density at radius 1 is 1.17 bits per heavy atom. The molecular weight excluding hydrogens is 362 g/mol. The summed E-state index contributed by atoms with van der Waals surface area (Å²) in [4.78, 5) is 12.0. The maximum absolute atomic E-state index is 6.08. The molecule has 0 radical (unpaired) electrons. The van der Waals surface area contributed by atoms with E-state index in [1.54, 1.807) is 0 Å². The summed E-state index contributed by atoms with van der Waals surface area (Å²) in [7, 11) is 1.88. The SMILES string of the molecule is CCN1CCN(CC(C)CNC(=NC)N2CCOC(c3ccccc3C)C2)CC1. The molecule has 2 unspecified atom stereocenters. The second kappa shape index (κ2) is 11.0. The minimum atomic E-state index is 0.107. The molecule has 2 aliphatic heterocycles. The van der Waals surface area contributed by atoms with Gasteiger partial charge in [0.25, 0.3) is 0 Å². The molecule has 1 aromatic carbocycles. The van der Waals surface area contributed by atoms with Crippen molar-refractivity contribution in [2.24, 2.45) is 10.9 Å². The summed E-state index contributed by atoms with van der Waals surface area (Å²) in [5.74, 6) is 1.59. The van der Waals surface area contributed by atoms with E-state index in [1.807, 2.05) is 7.05 Å². The third-order valence-corrected chi connectivity index (χ3v) is 6.20. The Balaban J connectivity index is 1.47. The van der Waals surface area contributed by atoms with Crippen molar-refractivity contribution in [2.75, 3.05) is 72.6 Å². The van der Waals surface area contributed by atoms with Crippen LogP contribution in [0.4, 0.5) is 0 Å². The first-order chi connectivity index (χ1) is 14.1. The molecule has 0 amide bonds. The van der Waals surface area contributed by atoms with Gasteiger partial charge in [-0.15, -0.1) is 0 Å². The molecule has 0 aliphatic carbocycles. The van der Waals surface area contributed by atoms with Gasteiger partial charge in [0.05, 0.1) is 13.2 Å². The number of hydrogen-bond donors (Lipinski definition) is 1. The van der Waals surface area contributed by atoms with Crippen LogP contribution in [0.5, 0.6) is 0 Å². The van der Waals surface area contributed by atoms with Crippen molar-refractivity contribution in [2.45, 2.75) is 26.9 Å². The Kier molecular flexibility index (Phi) is 8.33. The Bertz CT molecular complexity index is 656. The average Bonchev–Trinajstić information content (AvgIpc) is 2.75. The number of guanidine groups is 1. The lowest BCUT2D eigenvalue weighted by Gasteiger charge is -2.37. The number of hydrogen-bond acceptors (Lipinski definition) is 4. The summed E-state index contributed by atoms with van der Waals surface area (Å²) in [6, 6.07) is 8.52. The van der Waals surface area contributed by atoms with Crippen LogP contribution in [0, 0.1) is 12.8 Å². The van der Waals surface area contributed by atoms with Gasteiger partial charge < -0.3 is 24.8 Å². The highest BCUT2D eigenvalue weighted by Crippen LogP contribution is 2.25. The fraction of sp³-hybridized carbons (Fsp3) is 0.696. The van der Waals surface area contributed by atoms with E-state index in [1.165, 1.54) is 43.9 Å². The predicted octanol–water partition coefficient (Wildman–Crippen LogP) is 2.22. The van der Waals surface area contributed by atoms with Crippen molar-refractivity contribution < 1.29 is 4.74 Å². The van der Waals surface area contributed by atoms with E-state index in [-0.39, 0.29) is 6.10 Å². The summed E-state index contributed by atoms with van der Waals surface area (Å²) >= 11 is 0. The van der Waals surface area contributed by atoms with Crippen molar-refractivity contribution in [3.05, 3.63) is 35.4 Å². The summed E-state index contributed by atoms with van der Waals surface area (Å²) in [6.07, 6.45) is 0.107. The molecular formula is C23H39N5O. The van der Waals surface area contributed by atoms with Crippen molar-refractivity contribution in [3.8, 4) is 0 Å². The lowest BCUT2D eigenvalue weighted by molar-refractivity contribution is -0.00838. The van der Waals surface area contributed by atoms with E-state index in [0.29, 0.717) is 5.92 Å². The van der Waals surface area contributed by atoms with Crippen molar-refractivity contribution in [1.29, 1.82) is 0 Å². The molecule has 1 aromatic rings. The summed E-state index contributed by atoms with van der Waals surface area (Å²) in [5, 5.41) is 3.62. The third kappa shape index (κ3) is 6.17. The average molecular weight is 402 g/mol. The molecule has 162 valence electrons. The van der Waals surface area contributed by atoms with E-state index in [4.69, 9.17) is 4.74 Å². The lowest BCUT2D eigenvalue weighted by Crippen LogP contribution is -2.50. The van der Waals surface area contributed by atoms with Crippen LogP contribution in [0.2, 0.25) is 0 Å². The topological polar surface area (TPSA) is 43.3 Å². The molecule has 29 heavy (non-hydrogen) atoms. The first-order valence-corrected chi connectivity index (χ1v) is 11.2. The second-order valence-electron chi connectivity index (χ2n) is 8.43. The molecule has 2 heterocycles. The number of morpholine rings is 1. The number of nitrogens with one attached hydrogen (secondary N) is 1. The first kappa shape index (κ1) is 22.1. The van der Waals surface area contributed by atoms with Gasteiger partial charge in [-0.3, -0.25) is 4.99 Å². The van der Waals surface area contributed by atoms with Gasteiger partial charge in [-0.2, -0.15) is 0 Å². The molecule has 2 fully saturated rings. The molecule has 2 atom stereocenters. The molecule has 0 saturated carbocycles. The van der Waals surface area contributed by atoms with Gasteiger partial charge in [-0.1, -0.05) is 38.1 Å². The largest absolute Gasteiger partial charge is 0.370 e. The van der Waals surface area contributed by atoms with Crippen LogP contribution < -0.4 is 5.32 Å². The molecule has 1 N–H and O–H groups in total. The zero-order valence-corrected chi connectivity index (χ0v) is 18.7. The summed E-state index contributed by atoms with van der Waals surface area (Å²) in [5.41, 5.74) is 2.58. The van der Waals surface area contributed by atoms with Gasteiger partial charge in [0.1, 0.15) is 6.10 Å². The van der Waals surface area contributed by atoms with Crippen molar-refractivity contribution in [3.63, 3.8) is 0 Å². The third-order valence-electron chi connectivity index (χ3n) is 6.20. The van der Waals surface area contributed by atoms with E-state index < -0.39 is 0 Å². The Morgan fingerprint density at radius 2 is 1.90 bits per heavy atom. The standard InChI is InChI=1S/C23H39N5O/c1-5-26-10-12-27(13-11-26)17-19(2)16-25-23(24-4)28-14-15-29-22(18-28)21-9-7-6-8-20(21)3/h6-9,19,22H,5,10-18H2,1-4H3,(H,24,25). The minimum absolute atomic E-state index is 0.107. The summed E-state index contributed by atoms with van der Waals surface area (Å²) in [6.45, 7) is 17.3. The van der Waals surface area contributed by atoms with E-state index in [2.05, 4.69) is 70.0 Å². The highest BCUT2D eigenvalue weighted by atomic mass is 16.5. The first-order valence-electron chi connectivity index (χ1n) is 11.2. The Hall–Kier alpha value is -1.63. The molecule has 2 aliphatic rings. The van der Waals surface area contributed by atoms with Crippen LogP contribution in [-0.2, 0) is 4.74 Å². The van der Waals surface area contributed by atoms with Crippen molar-refractivity contribution >= 4 is 5.96 Å². The van der Waals surface area contributed by atoms with Crippen LogP contribution in [0.15, 0.2) is 29.3 Å². The summed E-state index contributed by atoms with van der Waals surface area (Å²) < 4.78 is 6.08. The Labute approximate surface area is 176 Å².